The second-order valence-corrected chi connectivity index (χ2v) is 3.93. The minimum Gasteiger partial charge on any atom is -0.456 e. The highest BCUT2D eigenvalue weighted by Crippen LogP contribution is 2.07. The summed E-state index contributed by atoms with van der Waals surface area (Å²) in [5.41, 5.74) is 0. The molecule has 0 atom stereocenters. The van der Waals surface area contributed by atoms with E-state index in [1.54, 1.807) is 0 Å². The Morgan fingerprint density at radius 3 is 2.53 bits per heavy atom. The van der Waals surface area contributed by atoms with Crippen LogP contribution in [0.5, 0.6) is 0 Å². The standard InChI is InChI=1S/C10H18N2O3/c1-8(13)15-7-10(14)11-9-3-5-12(2)6-4-9/h9H,3-7H2,1-2H3,(H,11,14). The molecule has 1 aliphatic heterocycles. The maximum Gasteiger partial charge on any atom is 0.303 e. The number of nitrogens with one attached hydrogen (secondary N) is 1. The molecule has 86 valence electrons. The SMILES string of the molecule is CC(=O)OCC(=O)NC1CCN(C)CC1. The zero-order valence-corrected chi connectivity index (χ0v) is 9.28. The number of carbonyl (C=O) groups is 2. The Hall–Kier alpha value is -1.10. The van der Waals surface area contributed by atoms with Crippen molar-refractivity contribution < 1.29 is 14.3 Å². The van der Waals surface area contributed by atoms with Crippen molar-refractivity contribution in [3.8, 4) is 0 Å². The lowest BCUT2D eigenvalue weighted by Crippen LogP contribution is -2.44. The Labute approximate surface area is 89.8 Å². The minimum atomic E-state index is -0.423. The quantitative estimate of drug-likeness (QED) is 0.659. The van der Waals surface area contributed by atoms with Crippen LogP contribution in [0.3, 0.4) is 0 Å². The fourth-order valence-corrected chi connectivity index (χ4v) is 1.59. The van der Waals surface area contributed by atoms with Crippen molar-refractivity contribution in [3.05, 3.63) is 0 Å². The molecule has 1 aliphatic rings. The molecule has 0 aliphatic carbocycles. The van der Waals surface area contributed by atoms with Gasteiger partial charge in [0.1, 0.15) is 0 Å². The van der Waals surface area contributed by atoms with Gasteiger partial charge in [-0.15, -0.1) is 0 Å². The van der Waals surface area contributed by atoms with Crippen LogP contribution in [0.25, 0.3) is 0 Å². The van der Waals surface area contributed by atoms with E-state index in [4.69, 9.17) is 0 Å². The number of hydrogen-bond acceptors (Lipinski definition) is 4. The lowest BCUT2D eigenvalue weighted by Gasteiger charge is -2.29. The van der Waals surface area contributed by atoms with E-state index in [1.807, 2.05) is 0 Å². The van der Waals surface area contributed by atoms with Crippen LogP contribution in [0.2, 0.25) is 0 Å². The van der Waals surface area contributed by atoms with Gasteiger partial charge in [0.2, 0.25) is 0 Å². The number of hydrogen-bond donors (Lipinski definition) is 1. The molecule has 1 heterocycles. The molecule has 0 saturated carbocycles. The average molecular weight is 214 g/mol. The molecule has 0 unspecified atom stereocenters. The Balaban J connectivity index is 2.17. The highest BCUT2D eigenvalue weighted by molar-refractivity contribution is 5.80. The molecule has 0 aromatic carbocycles. The van der Waals surface area contributed by atoms with E-state index in [0.29, 0.717) is 0 Å². The summed E-state index contributed by atoms with van der Waals surface area (Å²) in [5, 5.41) is 2.85. The van der Waals surface area contributed by atoms with Crippen LogP contribution in [0.15, 0.2) is 0 Å². The maximum atomic E-state index is 11.3. The van der Waals surface area contributed by atoms with E-state index in [1.165, 1.54) is 6.92 Å². The van der Waals surface area contributed by atoms with E-state index in [9.17, 15) is 9.59 Å². The van der Waals surface area contributed by atoms with Crippen molar-refractivity contribution >= 4 is 11.9 Å². The molecular formula is C10H18N2O3. The first kappa shape index (κ1) is 12.0. The van der Waals surface area contributed by atoms with Gasteiger partial charge in [0, 0.05) is 13.0 Å². The summed E-state index contributed by atoms with van der Waals surface area (Å²) in [5.74, 6) is -0.631. The van der Waals surface area contributed by atoms with Crippen LogP contribution in [0.1, 0.15) is 19.8 Å². The van der Waals surface area contributed by atoms with Gasteiger partial charge in [-0.2, -0.15) is 0 Å². The Morgan fingerprint density at radius 1 is 1.40 bits per heavy atom. The number of esters is 1. The topological polar surface area (TPSA) is 58.6 Å². The van der Waals surface area contributed by atoms with E-state index < -0.39 is 5.97 Å². The molecule has 0 spiro atoms. The van der Waals surface area contributed by atoms with Crippen LogP contribution >= 0.6 is 0 Å². The predicted octanol–water partition coefficient (Wildman–Crippen LogP) is -0.240. The molecule has 1 fully saturated rings. The summed E-state index contributed by atoms with van der Waals surface area (Å²) >= 11 is 0. The normalized spacial score (nSPS) is 18.5. The molecule has 1 rings (SSSR count). The number of ether oxygens (including phenoxy) is 1. The third kappa shape index (κ3) is 4.78. The van der Waals surface area contributed by atoms with E-state index >= 15 is 0 Å². The maximum absolute atomic E-state index is 11.3. The number of piperidine rings is 1. The van der Waals surface area contributed by atoms with Gasteiger partial charge in [0.25, 0.3) is 5.91 Å². The number of carbonyl (C=O) groups excluding carboxylic acids is 2. The summed E-state index contributed by atoms with van der Waals surface area (Å²) in [6.07, 6.45) is 1.92. The van der Waals surface area contributed by atoms with Gasteiger partial charge >= 0.3 is 5.97 Å². The van der Waals surface area contributed by atoms with Crippen LogP contribution in [0, 0.1) is 0 Å². The summed E-state index contributed by atoms with van der Waals surface area (Å²) in [6, 6.07) is 0.226. The molecule has 5 nitrogen and oxygen atoms in total. The van der Waals surface area contributed by atoms with Crippen molar-refractivity contribution in [2.45, 2.75) is 25.8 Å². The average Bonchev–Trinajstić information content (AvgIpc) is 2.19. The molecule has 0 aromatic heterocycles. The van der Waals surface area contributed by atoms with Gasteiger partial charge in [-0.3, -0.25) is 9.59 Å². The van der Waals surface area contributed by atoms with Gasteiger partial charge in [0.15, 0.2) is 6.61 Å². The molecule has 0 radical (unpaired) electrons. The Morgan fingerprint density at radius 2 is 2.00 bits per heavy atom. The molecule has 0 bridgehead atoms. The summed E-state index contributed by atoms with van der Waals surface area (Å²) < 4.78 is 4.60. The number of likely N-dealkylation sites (tertiary alicyclic amines) is 1. The predicted molar refractivity (Wildman–Crippen MR) is 55.3 cm³/mol. The monoisotopic (exact) mass is 214 g/mol. The van der Waals surface area contributed by atoms with Gasteiger partial charge in [-0.1, -0.05) is 0 Å². The minimum absolute atomic E-state index is 0.165. The lowest BCUT2D eigenvalue weighted by atomic mass is 10.1. The van der Waals surface area contributed by atoms with Crippen LogP contribution in [-0.4, -0.2) is 49.6 Å². The van der Waals surface area contributed by atoms with Crippen LogP contribution < -0.4 is 5.32 Å². The zero-order chi connectivity index (χ0) is 11.3. The first-order valence-electron chi connectivity index (χ1n) is 5.19. The van der Waals surface area contributed by atoms with Crippen molar-refractivity contribution in [1.82, 2.24) is 10.2 Å². The molecule has 5 heteroatoms. The smallest absolute Gasteiger partial charge is 0.303 e. The van der Waals surface area contributed by atoms with E-state index in [-0.39, 0.29) is 18.6 Å². The van der Waals surface area contributed by atoms with E-state index in [2.05, 4.69) is 22.0 Å². The van der Waals surface area contributed by atoms with Crippen molar-refractivity contribution in [2.75, 3.05) is 26.7 Å². The third-order valence-corrected chi connectivity index (χ3v) is 2.49. The fraction of sp³-hybridized carbons (Fsp3) is 0.800. The molecule has 15 heavy (non-hydrogen) atoms. The summed E-state index contributed by atoms with van der Waals surface area (Å²) in [6.45, 7) is 3.13. The van der Waals surface area contributed by atoms with Gasteiger partial charge in [-0.25, -0.2) is 0 Å². The Kier molecular flexibility index (Phi) is 4.55. The van der Waals surface area contributed by atoms with Gasteiger partial charge in [-0.05, 0) is 33.0 Å². The molecule has 0 aromatic rings. The van der Waals surface area contributed by atoms with Gasteiger partial charge < -0.3 is 15.0 Å². The zero-order valence-electron chi connectivity index (χ0n) is 9.28. The molecule has 1 saturated heterocycles. The summed E-state index contributed by atoms with van der Waals surface area (Å²) in [4.78, 5) is 24.0. The molecule has 1 N–H and O–H groups in total. The fourth-order valence-electron chi connectivity index (χ4n) is 1.59. The molecule has 1 amide bonds. The largest absolute Gasteiger partial charge is 0.456 e. The highest BCUT2D eigenvalue weighted by atomic mass is 16.5. The first-order chi connectivity index (χ1) is 7.08. The second-order valence-electron chi connectivity index (χ2n) is 3.93. The lowest BCUT2D eigenvalue weighted by molar-refractivity contribution is -0.146. The Bertz CT molecular complexity index is 235. The van der Waals surface area contributed by atoms with E-state index in [0.717, 1.165) is 25.9 Å². The first-order valence-corrected chi connectivity index (χ1v) is 5.19. The molecular weight excluding hydrogens is 196 g/mol. The number of amides is 1. The van der Waals surface area contributed by atoms with Crippen molar-refractivity contribution in [1.29, 1.82) is 0 Å². The van der Waals surface area contributed by atoms with Crippen LogP contribution in [0.4, 0.5) is 0 Å². The van der Waals surface area contributed by atoms with Crippen molar-refractivity contribution in [3.63, 3.8) is 0 Å². The van der Waals surface area contributed by atoms with Crippen LogP contribution in [-0.2, 0) is 14.3 Å². The third-order valence-electron chi connectivity index (χ3n) is 2.49. The number of rotatable bonds is 3. The van der Waals surface area contributed by atoms with Crippen molar-refractivity contribution in [2.24, 2.45) is 0 Å². The van der Waals surface area contributed by atoms with Gasteiger partial charge in [0.05, 0.1) is 0 Å². The summed E-state index contributed by atoms with van der Waals surface area (Å²) in [7, 11) is 2.07. The number of nitrogens with zero attached hydrogens (tertiary/aromatic N) is 1. The highest BCUT2D eigenvalue weighted by Gasteiger charge is 2.18. The second kappa shape index (κ2) is 5.70.